The predicted molar refractivity (Wildman–Crippen MR) is 130 cm³/mol. The standard InChI is InChI=1S/C27H31N3O2/c1-20-11-10-16-24(21(20)2)28-26(31)18-30(3)19-27(32)29-25(23-14-8-5-9-15-23)17-22-12-6-4-7-13-22/h4-16,25H,17-19H2,1-3H3,(H,28,31)(H,29,32)/t25-/m1/s1. The number of benzene rings is 3. The molecule has 5 heteroatoms. The van der Waals surface area contributed by atoms with Gasteiger partial charge >= 0.3 is 0 Å². The number of amides is 2. The van der Waals surface area contributed by atoms with Gasteiger partial charge in [0.25, 0.3) is 0 Å². The van der Waals surface area contributed by atoms with E-state index < -0.39 is 0 Å². The quantitative estimate of drug-likeness (QED) is 0.534. The van der Waals surface area contributed by atoms with E-state index in [9.17, 15) is 9.59 Å². The van der Waals surface area contributed by atoms with Crippen molar-refractivity contribution in [2.24, 2.45) is 0 Å². The van der Waals surface area contributed by atoms with E-state index in [4.69, 9.17) is 0 Å². The van der Waals surface area contributed by atoms with Crippen LogP contribution in [0.3, 0.4) is 0 Å². The molecular weight excluding hydrogens is 398 g/mol. The highest BCUT2D eigenvalue weighted by atomic mass is 16.2. The first-order valence-corrected chi connectivity index (χ1v) is 10.8. The molecule has 2 amide bonds. The molecule has 3 aromatic rings. The Morgan fingerprint density at radius 1 is 0.812 bits per heavy atom. The van der Waals surface area contributed by atoms with E-state index >= 15 is 0 Å². The number of rotatable bonds is 9. The van der Waals surface area contributed by atoms with Crippen LogP contribution in [-0.4, -0.2) is 36.9 Å². The van der Waals surface area contributed by atoms with Crippen LogP contribution in [0.2, 0.25) is 0 Å². The van der Waals surface area contributed by atoms with Gasteiger partial charge in [0.15, 0.2) is 0 Å². The van der Waals surface area contributed by atoms with Gasteiger partial charge in [-0.3, -0.25) is 14.5 Å². The lowest BCUT2D eigenvalue weighted by Gasteiger charge is -2.22. The Morgan fingerprint density at radius 3 is 2.12 bits per heavy atom. The van der Waals surface area contributed by atoms with Crippen LogP contribution in [0.5, 0.6) is 0 Å². The van der Waals surface area contributed by atoms with Crippen molar-refractivity contribution in [3.05, 3.63) is 101 Å². The fourth-order valence-corrected chi connectivity index (χ4v) is 3.65. The molecule has 0 aliphatic carbocycles. The van der Waals surface area contributed by atoms with E-state index in [2.05, 4.69) is 22.8 Å². The van der Waals surface area contributed by atoms with Crippen LogP contribution in [0, 0.1) is 13.8 Å². The van der Waals surface area contributed by atoms with Crippen LogP contribution >= 0.6 is 0 Å². The van der Waals surface area contributed by atoms with E-state index in [1.807, 2.05) is 80.6 Å². The zero-order chi connectivity index (χ0) is 22.9. The topological polar surface area (TPSA) is 61.4 Å². The van der Waals surface area contributed by atoms with Crippen molar-refractivity contribution in [3.8, 4) is 0 Å². The molecule has 0 aromatic heterocycles. The van der Waals surface area contributed by atoms with Gasteiger partial charge in [0, 0.05) is 5.69 Å². The number of carbonyl (C=O) groups excluding carboxylic acids is 2. The summed E-state index contributed by atoms with van der Waals surface area (Å²) >= 11 is 0. The Hall–Kier alpha value is -3.44. The fourth-order valence-electron chi connectivity index (χ4n) is 3.65. The van der Waals surface area contributed by atoms with Crippen LogP contribution in [0.15, 0.2) is 78.9 Å². The van der Waals surface area contributed by atoms with Crippen LogP contribution < -0.4 is 10.6 Å². The Kier molecular flexibility index (Phi) is 8.17. The summed E-state index contributed by atoms with van der Waals surface area (Å²) in [4.78, 5) is 27.0. The molecule has 0 saturated carbocycles. The van der Waals surface area contributed by atoms with Crippen molar-refractivity contribution in [2.45, 2.75) is 26.3 Å². The minimum Gasteiger partial charge on any atom is -0.348 e. The van der Waals surface area contributed by atoms with E-state index in [0.717, 1.165) is 27.9 Å². The summed E-state index contributed by atoms with van der Waals surface area (Å²) in [6.07, 6.45) is 0.702. The molecule has 1 atom stereocenters. The first-order valence-electron chi connectivity index (χ1n) is 10.8. The van der Waals surface area contributed by atoms with Gasteiger partial charge in [0.2, 0.25) is 11.8 Å². The average Bonchev–Trinajstić information content (AvgIpc) is 2.77. The number of anilines is 1. The SMILES string of the molecule is Cc1cccc(NC(=O)CN(C)CC(=O)N[C@H](Cc2ccccc2)c2ccccc2)c1C. The molecule has 0 radical (unpaired) electrons. The van der Waals surface area contributed by atoms with Crippen molar-refractivity contribution in [2.75, 3.05) is 25.5 Å². The van der Waals surface area contributed by atoms with Crippen molar-refractivity contribution in [3.63, 3.8) is 0 Å². The van der Waals surface area contributed by atoms with Crippen molar-refractivity contribution >= 4 is 17.5 Å². The number of nitrogens with zero attached hydrogens (tertiary/aromatic N) is 1. The summed E-state index contributed by atoms with van der Waals surface area (Å²) in [6, 6.07) is 25.8. The molecule has 5 nitrogen and oxygen atoms in total. The summed E-state index contributed by atoms with van der Waals surface area (Å²) < 4.78 is 0. The van der Waals surface area contributed by atoms with Gasteiger partial charge < -0.3 is 10.6 Å². The largest absolute Gasteiger partial charge is 0.348 e. The predicted octanol–water partition coefficient (Wildman–Crippen LogP) is 4.27. The maximum Gasteiger partial charge on any atom is 0.238 e. The fraction of sp³-hybridized carbons (Fsp3) is 0.259. The van der Waals surface area contributed by atoms with Crippen molar-refractivity contribution in [1.29, 1.82) is 0 Å². The zero-order valence-corrected chi connectivity index (χ0v) is 19.0. The maximum atomic E-state index is 12.8. The number of nitrogens with one attached hydrogen (secondary N) is 2. The molecule has 0 aliphatic rings. The zero-order valence-electron chi connectivity index (χ0n) is 19.0. The van der Waals surface area contributed by atoms with Gasteiger partial charge in [-0.15, -0.1) is 0 Å². The van der Waals surface area contributed by atoms with E-state index in [0.29, 0.717) is 6.42 Å². The van der Waals surface area contributed by atoms with Crippen LogP contribution in [-0.2, 0) is 16.0 Å². The van der Waals surface area contributed by atoms with Crippen molar-refractivity contribution < 1.29 is 9.59 Å². The van der Waals surface area contributed by atoms with Gasteiger partial charge in [-0.05, 0) is 55.6 Å². The summed E-state index contributed by atoms with van der Waals surface area (Å²) in [6.45, 7) is 4.27. The molecule has 0 spiro atoms. The maximum absolute atomic E-state index is 12.8. The lowest BCUT2D eigenvalue weighted by atomic mass is 9.99. The molecule has 3 aromatic carbocycles. The number of hydrogen-bond donors (Lipinski definition) is 2. The molecule has 0 fully saturated rings. The Labute approximate surface area is 190 Å². The molecule has 0 bridgehead atoms. The van der Waals surface area contributed by atoms with E-state index in [-0.39, 0.29) is 30.9 Å². The molecule has 0 aliphatic heterocycles. The summed E-state index contributed by atoms with van der Waals surface area (Å²) in [5.74, 6) is -0.255. The monoisotopic (exact) mass is 429 g/mol. The third-order valence-corrected chi connectivity index (χ3v) is 5.53. The van der Waals surface area contributed by atoms with Gasteiger partial charge in [0.05, 0.1) is 19.1 Å². The minimum atomic E-state index is -0.141. The molecule has 0 saturated heterocycles. The third-order valence-electron chi connectivity index (χ3n) is 5.53. The van der Waals surface area contributed by atoms with Crippen molar-refractivity contribution in [1.82, 2.24) is 10.2 Å². The Bertz CT molecular complexity index is 1040. The van der Waals surface area contributed by atoms with E-state index in [1.165, 1.54) is 0 Å². The van der Waals surface area contributed by atoms with Gasteiger partial charge in [-0.1, -0.05) is 72.8 Å². The first-order chi connectivity index (χ1) is 15.4. The van der Waals surface area contributed by atoms with E-state index in [1.54, 1.807) is 11.9 Å². The van der Waals surface area contributed by atoms with Crippen LogP contribution in [0.4, 0.5) is 5.69 Å². The second-order valence-electron chi connectivity index (χ2n) is 8.19. The lowest BCUT2D eigenvalue weighted by Crippen LogP contribution is -2.40. The summed E-state index contributed by atoms with van der Waals surface area (Å²) in [5.41, 5.74) is 5.19. The number of hydrogen-bond acceptors (Lipinski definition) is 3. The molecule has 3 rings (SSSR count). The average molecular weight is 430 g/mol. The normalized spacial score (nSPS) is 11.8. The highest BCUT2D eigenvalue weighted by Gasteiger charge is 2.17. The van der Waals surface area contributed by atoms with Crippen LogP contribution in [0.1, 0.15) is 28.3 Å². The smallest absolute Gasteiger partial charge is 0.238 e. The molecule has 166 valence electrons. The third kappa shape index (κ3) is 6.79. The number of likely N-dealkylation sites (N-methyl/N-ethyl adjacent to an activating group) is 1. The molecule has 0 heterocycles. The highest BCUT2D eigenvalue weighted by Crippen LogP contribution is 2.19. The van der Waals surface area contributed by atoms with Crippen LogP contribution in [0.25, 0.3) is 0 Å². The summed E-state index contributed by atoms with van der Waals surface area (Å²) in [5, 5.41) is 6.08. The Morgan fingerprint density at radius 2 is 1.44 bits per heavy atom. The molecule has 32 heavy (non-hydrogen) atoms. The minimum absolute atomic E-state index is 0.114. The molecule has 2 N–H and O–H groups in total. The molecule has 0 unspecified atom stereocenters. The first kappa shape index (κ1) is 23.2. The number of aryl methyl sites for hydroxylation is 1. The Balaban J connectivity index is 1.57. The van der Waals surface area contributed by atoms with Gasteiger partial charge in [-0.25, -0.2) is 0 Å². The van der Waals surface area contributed by atoms with Gasteiger partial charge in [0.1, 0.15) is 0 Å². The second-order valence-corrected chi connectivity index (χ2v) is 8.19. The lowest BCUT2D eigenvalue weighted by molar-refractivity contribution is -0.123. The molecular formula is C27H31N3O2. The second kappa shape index (κ2) is 11.3. The summed E-state index contributed by atoms with van der Waals surface area (Å²) in [7, 11) is 1.77. The van der Waals surface area contributed by atoms with Gasteiger partial charge in [-0.2, -0.15) is 0 Å². The number of carbonyl (C=O) groups is 2. The highest BCUT2D eigenvalue weighted by molar-refractivity contribution is 5.93.